The van der Waals surface area contributed by atoms with Gasteiger partial charge >= 0.3 is 0 Å². The standard InChI is InChI=1S/C18H20N2O/c1-13(18(21)20-17-11-12-17)19-16-9-7-15(8-10-16)14-5-3-2-4-6-14/h2-10,13,17,19H,11-12H2,1H3,(H,20,21). The first kappa shape index (κ1) is 13.7. The van der Waals surface area contributed by atoms with E-state index in [1.165, 1.54) is 11.1 Å². The summed E-state index contributed by atoms with van der Waals surface area (Å²) in [6.45, 7) is 1.89. The van der Waals surface area contributed by atoms with Crippen LogP contribution in [0.15, 0.2) is 54.6 Å². The van der Waals surface area contributed by atoms with Gasteiger partial charge in [0.15, 0.2) is 0 Å². The van der Waals surface area contributed by atoms with Crippen molar-refractivity contribution in [3.63, 3.8) is 0 Å². The first-order chi connectivity index (χ1) is 10.2. The monoisotopic (exact) mass is 280 g/mol. The van der Waals surface area contributed by atoms with Gasteiger partial charge < -0.3 is 10.6 Å². The van der Waals surface area contributed by atoms with Crippen molar-refractivity contribution in [2.75, 3.05) is 5.32 Å². The van der Waals surface area contributed by atoms with E-state index in [9.17, 15) is 4.79 Å². The van der Waals surface area contributed by atoms with Crippen molar-refractivity contribution in [1.29, 1.82) is 0 Å². The summed E-state index contributed by atoms with van der Waals surface area (Å²) in [6.07, 6.45) is 2.23. The average molecular weight is 280 g/mol. The van der Waals surface area contributed by atoms with Gasteiger partial charge in [-0.1, -0.05) is 42.5 Å². The van der Waals surface area contributed by atoms with Crippen LogP contribution in [0.1, 0.15) is 19.8 Å². The fourth-order valence-electron chi connectivity index (χ4n) is 2.26. The molecule has 1 saturated carbocycles. The maximum Gasteiger partial charge on any atom is 0.242 e. The van der Waals surface area contributed by atoms with E-state index in [1.807, 2.05) is 37.3 Å². The normalized spacial score (nSPS) is 15.3. The molecular weight excluding hydrogens is 260 g/mol. The first-order valence-electron chi connectivity index (χ1n) is 7.45. The molecule has 3 nitrogen and oxygen atoms in total. The minimum atomic E-state index is -0.215. The summed E-state index contributed by atoms with van der Waals surface area (Å²) in [7, 11) is 0. The van der Waals surface area contributed by atoms with Crippen LogP contribution in [-0.4, -0.2) is 18.0 Å². The van der Waals surface area contributed by atoms with Crippen LogP contribution in [0.3, 0.4) is 0 Å². The average Bonchev–Trinajstić information content (AvgIpc) is 3.33. The highest BCUT2D eigenvalue weighted by molar-refractivity contribution is 5.84. The van der Waals surface area contributed by atoms with Crippen LogP contribution >= 0.6 is 0 Å². The Balaban J connectivity index is 1.62. The first-order valence-corrected chi connectivity index (χ1v) is 7.45. The molecule has 1 amide bonds. The second kappa shape index (κ2) is 6.00. The van der Waals surface area contributed by atoms with Crippen LogP contribution in [0.2, 0.25) is 0 Å². The third-order valence-corrected chi connectivity index (χ3v) is 3.69. The fraction of sp³-hybridized carbons (Fsp3) is 0.278. The van der Waals surface area contributed by atoms with E-state index in [0.29, 0.717) is 6.04 Å². The zero-order valence-corrected chi connectivity index (χ0v) is 12.2. The molecule has 2 aromatic carbocycles. The lowest BCUT2D eigenvalue weighted by molar-refractivity contribution is -0.121. The molecule has 2 aromatic rings. The van der Waals surface area contributed by atoms with Crippen LogP contribution in [-0.2, 0) is 4.79 Å². The molecule has 108 valence electrons. The van der Waals surface area contributed by atoms with E-state index < -0.39 is 0 Å². The molecule has 0 aromatic heterocycles. The van der Waals surface area contributed by atoms with Gasteiger partial charge in [-0.05, 0) is 43.0 Å². The molecule has 0 saturated heterocycles. The molecule has 1 aliphatic rings. The Bertz CT molecular complexity index is 603. The highest BCUT2D eigenvalue weighted by Crippen LogP contribution is 2.22. The summed E-state index contributed by atoms with van der Waals surface area (Å²) in [5, 5.41) is 6.25. The largest absolute Gasteiger partial charge is 0.374 e. The molecular formula is C18H20N2O. The maximum absolute atomic E-state index is 11.9. The van der Waals surface area contributed by atoms with Gasteiger partial charge in [0.05, 0.1) is 0 Å². The number of carbonyl (C=O) groups excluding carboxylic acids is 1. The highest BCUT2D eigenvalue weighted by atomic mass is 16.2. The Labute approximate surface area is 125 Å². The van der Waals surface area contributed by atoms with Crippen LogP contribution < -0.4 is 10.6 Å². The van der Waals surface area contributed by atoms with Crippen molar-refractivity contribution < 1.29 is 4.79 Å². The molecule has 2 N–H and O–H groups in total. The summed E-state index contributed by atoms with van der Waals surface area (Å²) in [5.74, 6) is 0.0737. The minimum Gasteiger partial charge on any atom is -0.374 e. The molecule has 0 aliphatic heterocycles. The van der Waals surface area contributed by atoms with Crippen molar-refractivity contribution in [2.45, 2.75) is 31.8 Å². The second-order valence-electron chi connectivity index (χ2n) is 5.59. The van der Waals surface area contributed by atoms with E-state index in [0.717, 1.165) is 18.5 Å². The van der Waals surface area contributed by atoms with Gasteiger partial charge in [0.2, 0.25) is 5.91 Å². The van der Waals surface area contributed by atoms with Gasteiger partial charge in [-0.2, -0.15) is 0 Å². The van der Waals surface area contributed by atoms with Gasteiger partial charge in [0.25, 0.3) is 0 Å². The fourth-order valence-corrected chi connectivity index (χ4v) is 2.26. The van der Waals surface area contributed by atoms with Crippen molar-refractivity contribution >= 4 is 11.6 Å². The molecule has 3 rings (SSSR count). The molecule has 1 unspecified atom stereocenters. The van der Waals surface area contributed by atoms with Crippen molar-refractivity contribution in [1.82, 2.24) is 5.32 Å². The molecule has 0 bridgehead atoms. The van der Waals surface area contributed by atoms with E-state index in [2.05, 4.69) is 34.9 Å². The smallest absolute Gasteiger partial charge is 0.242 e. The topological polar surface area (TPSA) is 41.1 Å². The Morgan fingerprint density at radius 3 is 2.24 bits per heavy atom. The van der Waals surface area contributed by atoms with Gasteiger partial charge in [-0.3, -0.25) is 4.79 Å². The van der Waals surface area contributed by atoms with Crippen LogP contribution in [0.4, 0.5) is 5.69 Å². The SMILES string of the molecule is CC(Nc1ccc(-c2ccccc2)cc1)C(=O)NC1CC1. The van der Waals surface area contributed by atoms with Crippen molar-refractivity contribution in [3.05, 3.63) is 54.6 Å². The number of benzene rings is 2. The lowest BCUT2D eigenvalue weighted by Gasteiger charge is -2.15. The number of hydrogen-bond donors (Lipinski definition) is 2. The van der Waals surface area contributed by atoms with E-state index >= 15 is 0 Å². The van der Waals surface area contributed by atoms with E-state index in [4.69, 9.17) is 0 Å². The Kier molecular flexibility index (Phi) is 3.91. The third kappa shape index (κ3) is 3.63. The predicted octanol–water partition coefficient (Wildman–Crippen LogP) is 3.43. The predicted molar refractivity (Wildman–Crippen MR) is 86.1 cm³/mol. The number of amides is 1. The summed E-state index contributed by atoms with van der Waals surface area (Å²) in [5.41, 5.74) is 3.34. The summed E-state index contributed by atoms with van der Waals surface area (Å²) >= 11 is 0. The van der Waals surface area contributed by atoms with Crippen LogP contribution in [0, 0.1) is 0 Å². The molecule has 0 radical (unpaired) electrons. The summed E-state index contributed by atoms with van der Waals surface area (Å²) < 4.78 is 0. The molecule has 0 heterocycles. The van der Waals surface area contributed by atoms with Gasteiger partial charge in [-0.15, -0.1) is 0 Å². The van der Waals surface area contributed by atoms with E-state index in [1.54, 1.807) is 0 Å². The molecule has 1 fully saturated rings. The van der Waals surface area contributed by atoms with Crippen molar-refractivity contribution in [3.8, 4) is 11.1 Å². The Morgan fingerprint density at radius 1 is 1.00 bits per heavy atom. The number of anilines is 1. The Hall–Kier alpha value is -2.29. The molecule has 3 heteroatoms. The summed E-state index contributed by atoms with van der Waals surface area (Å²) in [4.78, 5) is 11.9. The number of nitrogens with one attached hydrogen (secondary N) is 2. The Morgan fingerprint density at radius 2 is 1.62 bits per heavy atom. The third-order valence-electron chi connectivity index (χ3n) is 3.69. The molecule has 0 spiro atoms. The van der Waals surface area contributed by atoms with Gasteiger partial charge in [-0.25, -0.2) is 0 Å². The number of rotatable bonds is 5. The van der Waals surface area contributed by atoms with Crippen LogP contribution in [0.25, 0.3) is 11.1 Å². The number of carbonyl (C=O) groups is 1. The minimum absolute atomic E-state index is 0.0737. The molecule has 21 heavy (non-hydrogen) atoms. The zero-order valence-electron chi connectivity index (χ0n) is 12.2. The maximum atomic E-state index is 11.9. The van der Waals surface area contributed by atoms with Gasteiger partial charge in [0.1, 0.15) is 6.04 Å². The highest BCUT2D eigenvalue weighted by Gasteiger charge is 2.25. The zero-order chi connectivity index (χ0) is 14.7. The second-order valence-corrected chi connectivity index (χ2v) is 5.59. The molecule has 1 aliphatic carbocycles. The number of hydrogen-bond acceptors (Lipinski definition) is 2. The molecule has 1 atom stereocenters. The van der Waals surface area contributed by atoms with Crippen LogP contribution in [0.5, 0.6) is 0 Å². The van der Waals surface area contributed by atoms with Crippen molar-refractivity contribution in [2.24, 2.45) is 0 Å². The lowest BCUT2D eigenvalue weighted by Crippen LogP contribution is -2.38. The quantitative estimate of drug-likeness (QED) is 0.881. The van der Waals surface area contributed by atoms with E-state index in [-0.39, 0.29) is 11.9 Å². The lowest BCUT2D eigenvalue weighted by atomic mass is 10.1. The summed E-state index contributed by atoms with van der Waals surface area (Å²) in [6, 6.07) is 18.6. The van der Waals surface area contributed by atoms with Gasteiger partial charge in [0, 0.05) is 11.7 Å².